The van der Waals surface area contributed by atoms with Crippen LogP contribution in [-0.4, -0.2) is 44.3 Å². The third-order valence-corrected chi connectivity index (χ3v) is 6.50. The van der Waals surface area contributed by atoms with Crippen molar-refractivity contribution in [3.63, 3.8) is 0 Å². The molecular weight excluding hydrogens is 356 g/mol. The Labute approximate surface area is 153 Å². The highest BCUT2D eigenvalue weighted by atomic mass is 32.2. The van der Waals surface area contributed by atoms with E-state index in [4.69, 9.17) is 4.74 Å². The first-order valence-corrected chi connectivity index (χ1v) is 10.4. The van der Waals surface area contributed by atoms with Gasteiger partial charge in [0.15, 0.2) is 0 Å². The van der Waals surface area contributed by atoms with Crippen molar-refractivity contribution in [3.05, 3.63) is 23.8 Å². The van der Waals surface area contributed by atoms with Crippen molar-refractivity contribution in [2.75, 3.05) is 25.0 Å². The summed E-state index contributed by atoms with van der Waals surface area (Å²) in [4.78, 5) is 23.3. The molecule has 0 aromatic heterocycles. The molecule has 1 fully saturated rings. The molecule has 1 aliphatic heterocycles. The van der Waals surface area contributed by atoms with Crippen molar-refractivity contribution in [2.24, 2.45) is 5.92 Å². The van der Waals surface area contributed by atoms with Gasteiger partial charge in [-0.05, 0) is 55.9 Å². The molecule has 1 aromatic carbocycles. The largest absolute Gasteiger partial charge is 0.466 e. The summed E-state index contributed by atoms with van der Waals surface area (Å²) in [5.41, 5.74) is 1.49. The average Bonchev–Trinajstić information content (AvgIpc) is 3.42. The number of hydrogen-bond acceptors (Lipinski definition) is 5. The quantitative estimate of drug-likeness (QED) is 0.696. The van der Waals surface area contributed by atoms with Crippen LogP contribution in [0.4, 0.5) is 5.69 Å². The number of anilines is 1. The molecule has 0 spiro atoms. The highest BCUT2D eigenvalue weighted by Gasteiger charge is 2.32. The van der Waals surface area contributed by atoms with Crippen LogP contribution in [0.15, 0.2) is 23.1 Å². The number of fused-ring (bicyclic) bond motifs is 1. The molecule has 1 heterocycles. The van der Waals surface area contributed by atoms with E-state index in [1.165, 1.54) is 10.4 Å². The van der Waals surface area contributed by atoms with Gasteiger partial charge in [-0.1, -0.05) is 0 Å². The van der Waals surface area contributed by atoms with Crippen LogP contribution in [-0.2, 0) is 30.8 Å². The number of nitrogens with zero attached hydrogens (tertiary/aromatic N) is 1. The zero-order chi connectivity index (χ0) is 18.7. The van der Waals surface area contributed by atoms with Gasteiger partial charge in [0.2, 0.25) is 15.9 Å². The Morgan fingerprint density at radius 1 is 1.31 bits per heavy atom. The Bertz CT molecular complexity index is 802. The first-order valence-electron chi connectivity index (χ1n) is 8.98. The lowest BCUT2D eigenvalue weighted by atomic mass is 10.0. The third-order valence-electron chi connectivity index (χ3n) is 4.64. The number of nitrogens with one attached hydrogen (secondary N) is 1. The number of benzene rings is 1. The summed E-state index contributed by atoms with van der Waals surface area (Å²) in [6, 6.07) is 4.79. The average molecular weight is 380 g/mol. The van der Waals surface area contributed by atoms with Crippen LogP contribution in [0.3, 0.4) is 0 Å². The van der Waals surface area contributed by atoms with Crippen LogP contribution in [0.1, 0.15) is 38.2 Å². The summed E-state index contributed by atoms with van der Waals surface area (Å²) >= 11 is 0. The molecule has 142 valence electrons. The highest BCUT2D eigenvalue weighted by molar-refractivity contribution is 7.89. The van der Waals surface area contributed by atoms with E-state index in [9.17, 15) is 18.0 Å². The number of esters is 1. The topological polar surface area (TPSA) is 92.8 Å². The standard InChI is InChI=1S/C18H24N2O5S/c1-2-25-18(22)9-10-20(12-13-3-4-13)26(23,24)15-6-7-16-14(11-15)5-8-17(21)19-16/h6-7,11,13H,2-5,8-10,12H2,1H3,(H,19,21). The molecule has 0 radical (unpaired) electrons. The predicted octanol–water partition coefficient (Wildman–Crippen LogP) is 1.93. The molecule has 1 aromatic rings. The van der Waals surface area contributed by atoms with Crippen molar-refractivity contribution in [2.45, 2.75) is 43.9 Å². The molecule has 0 bridgehead atoms. The molecule has 3 rings (SSSR count). The fraction of sp³-hybridized carbons (Fsp3) is 0.556. The minimum atomic E-state index is -3.70. The van der Waals surface area contributed by atoms with Crippen molar-refractivity contribution >= 4 is 27.6 Å². The number of carbonyl (C=O) groups excluding carboxylic acids is 2. The second-order valence-electron chi connectivity index (χ2n) is 6.73. The van der Waals surface area contributed by atoms with Gasteiger partial charge in [-0.2, -0.15) is 4.31 Å². The maximum Gasteiger partial charge on any atom is 0.307 e. The van der Waals surface area contributed by atoms with E-state index in [0.717, 1.165) is 18.4 Å². The molecule has 8 heteroatoms. The summed E-state index contributed by atoms with van der Waals surface area (Å²) in [5.74, 6) is -0.0848. The molecule has 1 aliphatic carbocycles. The molecule has 0 unspecified atom stereocenters. The van der Waals surface area contributed by atoms with Crippen molar-refractivity contribution in [1.82, 2.24) is 4.31 Å². The second-order valence-corrected chi connectivity index (χ2v) is 8.67. The Morgan fingerprint density at radius 2 is 2.08 bits per heavy atom. The number of amides is 1. The van der Waals surface area contributed by atoms with Crippen LogP contribution in [0.5, 0.6) is 0 Å². The molecule has 2 aliphatic rings. The first-order chi connectivity index (χ1) is 12.4. The molecule has 26 heavy (non-hydrogen) atoms. The van der Waals surface area contributed by atoms with E-state index in [1.807, 2.05) is 0 Å². The SMILES string of the molecule is CCOC(=O)CCN(CC1CC1)S(=O)(=O)c1ccc2c(c1)CCC(=O)N2. The molecule has 7 nitrogen and oxygen atoms in total. The van der Waals surface area contributed by atoms with Gasteiger partial charge in [0, 0.05) is 25.2 Å². The number of rotatable bonds is 8. The number of hydrogen-bond donors (Lipinski definition) is 1. The number of aryl methyl sites for hydroxylation is 1. The smallest absolute Gasteiger partial charge is 0.307 e. The van der Waals surface area contributed by atoms with E-state index in [2.05, 4.69) is 5.32 Å². The van der Waals surface area contributed by atoms with Gasteiger partial charge in [0.05, 0.1) is 17.9 Å². The third kappa shape index (κ3) is 4.42. The lowest BCUT2D eigenvalue weighted by Gasteiger charge is -2.23. The van der Waals surface area contributed by atoms with E-state index < -0.39 is 16.0 Å². The Balaban J connectivity index is 1.80. The predicted molar refractivity (Wildman–Crippen MR) is 96.1 cm³/mol. The minimum Gasteiger partial charge on any atom is -0.466 e. The highest BCUT2D eigenvalue weighted by Crippen LogP contribution is 2.33. The van der Waals surface area contributed by atoms with Crippen LogP contribution < -0.4 is 5.32 Å². The van der Waals surface area contributed by atoms with E-state index in [-0.39, 0.29) is 30.4 Å². The summed E-state index contributed by atoms with van der Waals surface area (Å²) < 4.78 is 32.5. The van der Waals surface area contributed by atoms with Crippen molar-refractivity contribution in [1.29, 1.82) is 0 Å². The first kappa shape index (κ1) is 18.8. The van der Waals surface area contributed by atoms with Gasteiger partial charge in [-0.25, -0.2) is 8.42 Å². The molecule has 1 N–H and O–H groups in total. The molecular formula is C18H24N2O5S. The van der Waals surface area contributed by atoms with Gasteiger partial charge in [-0.15, -0.1) is 0 Å². The molecule has 1 saturated carbocycles. The van der Waals surface area contributed by atoms with Gasteiger partial charge in [0.25, 0.3) is 0 Å². The second kappa shape index (κ2) is 7.75. The zero-order valence-corrected chi connectivity index (χ0v) is 15.7. The van der Waals surface area contributed by atoms with E-state index >= 15 is 0 Å². The summed E-state index contributed by atoms with van der Waals surface area (Å²) in [6.45, 7) is 2.55. The van der Waals surface area contributed by atoms with Crippen molar-refractivity contribution < 1.29 is 22.7 Å². The number of sulfonamides is 1. The zero-order valence-electron chi connectivity index (χ0n) is 14.9. The fourth-order valence-electron chi connectivity index (χ4n) is 3.02. The van der Waals surface area contributed by atoms with Crippen molar-refractivity contribution in [3.8, 4) is 0 Å². The van der Waals surface area contributed by atoms with Crippen LogP contribution in [0.2, 0.25) is 0 Å². The summed E-state index contributed by atoms with van der Waals surface area (Å²) in [6.07, 6.45) is 2.95. The van der Waals surface area contributed by atoms with Gasteiger partial charge in [0.1, 0.15) is 0 Å². The Morgan fingerprint density at radius 3 is 2.77 bits per heavy atom. The fourth-order valence-corrected chi connectivity index (χ4v) is 4.58. The maximum absolute atomic E-state index is 13.1. The summed E-state index contributed by atoms with van der Waals surface area (Å²) in [7, 11) is -3.70. The monoisotopic (exact) mass is 380 g/mol. The van der Waals surface area contributed by atoms with Gasteiger partial charge < -0.3 is 10.1 Å². The maximum atomic E-state index is 13.1. The molecule has 0 saturated heterocycles. The molecule has 0 atom stereocenters. The summed E-state index contributed by atoms with van der Waals surface area (Å²) in [5, 5.41) is 2.76. The number of carbonyl (C=O) groups is 2. The van der Waals surface area contributed by atoms with Crippen LogP contribution in [0, 0.1) is 5.92 Å². The van der Waals surface area contributed by atoms with Gasteiger partial charge >= 0.3 is 5.97 Å². The van der Waals surface area contributed by atoms with E-state index in [1.54, 1.807) is 19.1 Å². The minimum absolute atomic E-state index is 0.0424. The Hall–Kier alpha value is -1.93. The normalized spacial score (nSPS) is 16.9. The lowest BCUT2D eigenvalue weighted by Crippen LogP contribution is -2.35. The Kier molecular flexibility index (Phi) is 5.62. The van der Waals surface area contributed by atoms with Crippen LogP contribution >= 0.6 is 0 Å². The van der Waals surface area contributed by atoms with E-state index in [0.29, 0.717) is 31.0 Å². The number of ether oxygens (including phenoxy) is 1. The van der Waals surface area contributed by atoms with Gasteiger partial charge in [-0.3, -0.25) is 9.59 Å². The molecule has 1 amide bonds. The lowest BCUT2D eigenvalue weighted by molar-refractivity contribution is -0.143. The van der Waals surface area contributed by atoms with Crippen LogP contribution in [0.25, 0.3) is 0 Å².